The lowest BCUT2D eigenvalue weighted by Gasteiger charge is -2.17. The summed E-state index contributed by atoms with van der Waals surface area (Å²) in [6, 6.07) is 26.1. The molecule has 13 heteroatoms. The van der Waals surface area contributed by atoms with Crippen molar-refractivity contribution in [3.8, 4) is 0 Å². The van der Waals surface area contributed by atoms with Gasteiger partial charge in [0, 0.05) is 26.1 Å². The molecule has 60 heavy (non-hydrogen) atoms. The van der Waals surface area contributed by atoms with Crippen LogP contribution < -0.4 is 11.5 Å². The van der Waals surface area contributed by atoms with Crippen LogP contribution in [0, 0.1) is 0 Å². The van der Waals surface area contributed by atoms with Gasteiger partial charge in [-0.1, -0.05) is 92.7 Å². The quantitative estimate of drug-likeness (QED) is 0.0708. The molecule has 338 valence electrons. The van der Waals surface area contributed by atoms with E-state index in [0.29, 0.717) is 119 Å². The van der Waals surface area contributed by atoms with Crippen LogP contribution in [0.3, 0.4) is 0 Å². The summed E-state index contributed by atoms with van der Waals surface area (Å²) in [6.07, 6.45) is 3.33. The summed E-state index contributed by atoms with van der Waals surface area (Å²) in [6.45, 7) is 15.8. The number of fused-ring (bicyclic) bond motifs is 2. The fourth-order valence-corrected chi connectivity index (χ4v) is 6.31. The summed E-state index contributed by atoms with van der Waals surface area (Å²) >= 11 is 0. The Morgan fingerprint density at radius 3 is 1.23 bits per heavy atom. The van der Waals surface area contributed by atoms with Crippen molar-refractivity contribution < 1.29 is 52.5 Å². The lowest BCUT2D eigenvalue weighted by molar-refractivity contribution is -0.0251. The molecule has 3 aromatic rings. The van der Waals surface area contributed by atoms with Crippen molar-refractivity contribution in [1.29, 1.82) is 0 Å². The molecule has 5 N–H and O–H groups in total. The standard InChI is InChI=1S/C20H33NO5.C18H30O5.C9H11NO/c1-2-7-22-8-9-23-10-11-24-12-13-25-14-15-26-19-16-17-5-3-4-6-18(17)20(19)21;1-2-8-19-9-10-20-11-12-21-13-14-22-15-16-23-17-18-6-4-3-5-7-18;10-9-7-4-2-1-3-6(7)5-8(9)11/h3-6,19-20H,2,7-16,21H2,1H3;3-7H,2,8-17H2,1H3;1-4,8-9,11H,5,10H2/t19-,20+;;8-,9+/m1.1/s1. The summed E-state index contributed by atoms with van der Waals surface area (Å²) < 4.78 is 54.6. The summed E-state index contributed by atoms with van der Waals surface area (Å²) in [5.74, 6) is 0. The van der Waals surface area contributed by atoms with Gasteiger partial charge in [0.15, 0.2) is 0 Å². The number of nitrogens with two attached hydrogens (primary N) is 2. The van der Waals surface area contributed by atoms with Crippen LogP contribution >= 0.6 is 0 Å². The summed E-state index contributed by atoms with van der Waals surface area (Å²) in [7, 11) is 0. The molecule has 13 nitrogen and oxygen atoms in total. The van der Waals surface area contributed by atoms with Gasteiger partial charge < -0.3 is 63.9 Å². The molecule has 0 unspecified atom stereocenters. The van der Waals surface area contributed by atoms with Gasteiger partial charge in [-0.25, -0.2) is 0 Å². The van der Waals surface area contributed by atoms with E-state index < -0.39 is 0 Å². The zero-order chi connectivity index (χ0) is 42.7. The summed E-state index contributed by atoms with van der Waals surface area (Å²) in [5.41, 5.74) is 17.9. The number of aliphatic hydroxyl groups is 1. The Balaban J connectivity index is 0.000000257. The molecule has 0 heterocycles. The van der Waals surface area contributed by atoms with Crippen molar-refractivity contribution in [1.82, 2.24) is 0 Å². The van der Waals surface area contributed by atoms with E-state index >= 15 is 0 Å². The molecule has 0 saturated carbocycles. The first-order chi connectivity index (χ1) is 29.5. The Hall–Kier alpha value is -2.86. The molecule has 0 amide bonds. The number of rotatable bonds is 31. The number of benzene rings is 3. The smallest absolute Gasteiger partial charge is 0.0809 e. The average molecular weight is 843 g/mol. The first-order valence-corrected chi connectivity index (χ1v) is 21.7. The van der Waals surface area contributed by atoms with E-state index in [0.717, 1.165) is 38.0 Å². The monoisotopic (exact) mass is 843 g/mol. The van der Waals surface area contributed by atoms with Gasteiger partial charge in [0.05, 0.1) is 137 Å². The predicted molar refractivity (Wildman–Crippen MR) is 233 cm³/mol. The van der Waals surface area contributed by atoms with Crippen molar-refractivity contribution in [3.63, 3.8) is 0 Å². The maximum atomic E-state index is 9.39. The molecular formula is C47H74N2O11. The van der Waals surface area contributed by atoms with Gasteiger partial charge in [0.25, 0.3) is 0 Å². The van der Waals surface area contributed by atoms with Crippen LogP contribution in [0.1, 0.15) is 66.6 Å². The normalized spacial score (nSPS) is 17.7. The highest BCUT2D eigenvalue weighted by Gasteiger charge is 2.30. The average Bonchev–Trinajstić information content (AvgIpc) is 3.76. The summed E-state index contributed by atoms with van der Waals surface area (Å²) in [5, 5.41) is 9.39. The fourth-order valence-electron chi connectivity index (χ4n) is 6.31. The lowest BCUT2D eigenvalue weighted by atomic mass is 10.1. The molecule has 5 rings (SSSR count). The van der Waals surface area contributed by atoms with Gasteiger partial charge in [0.1, 0.15) is 0 Å². The second-order valence-electron chi connectivity index (χ2n) is 14.3. The zero-order valence-corrected chi connectivity index (χ0v) is 36.3. The molecule has 0 spiro atoms. The van der Waals surface area contributed by atoms with E-state index in [4.69, 9.17) is 58.8 Å². The molecule has 0 aliphatic heterocycles. The topological polar surface area (TPSA) is 165 Å². The van der Waals surface area contributed by atoms with Gasteiger partial charge in [-0.15, -0.1) is 0 Å². The van der Waals surface area contributed by atoms with Crippen molar-refractivity contribution in [3.05, 3.63) is 107 Å². The van der Waals surface area contributed by atoms with Gasteiger partial charge in [-0.3, -0.25) is 0 Å². The number of ether oxygens (including phenoxy) is 10. The second-order valence-corrected chi connectivity index (χ2v) is 14.3. The Morgan fingerprint density at radius 1 is 0.433 bits per heavy atom. The molecule has 2 aliphatic rings. The maximum Gasteiger partial charge on any atom is 0.0809 e. The van der Waals surface area contributed by atoms with Crippen LogP contribution in [-0.2, 0) is 66.8 Å². The van der Waals surface area contributed by atoms with Crippen molar-refractivity contribution in [2.24, 2.45) is 11.5 Å². The van der Waals surface area contributed by atoms with E-state index in [2.05, 4.69) is 26.0 Å². The molecule has 3 aromatic carbocycles. The molecule has 0 saturated heterocycles. The van der Waals surface area contributed by atoms with Gasteiger partial charge in [0.2, 0.25) is 0 Å². The van der Waals surface area contributed by atoms with Crippen LogP contribution in [0.2, 0.25) is 0 Å². The van der Waals surface area contributed by atoms with E-state index in [1.54, 1.807) is 0 Å². The van der Waals surface area contributed by atoms with Crippen LogP contribution in [0.25, 0.3) is 0 Å². The molecular weight excluding hydrogens is 769 g/mol. The third kappa shape index (κ3) is 22.8. The minimum Gasteiger partial charge on any atom is -0.391 e. The molecule has 0 aromatic heterocycles. The van der Waals surface area contributed by atoms with Crippen molar-refractivity contribution in [2.45, 2.75) is 70.4 Å². The molecule has 0 bridgehead atoms. The largest absolute Gasteiger partial charge is 0.391 e. The van der Waals surface area contributed by atoms with E-state index in [9.17, 15) is 5.11 Å². The molecule has 4 atom stereocenters. The SMILES string of the molecule is CCCOCCOCCOCCOCCOCc1ccccc1.CCCOCCOCCOCCOCCO[C@@H]1Cc2ccccc2[C@@H]1N.N[C@H]1c2ccccc2C[C@H]1O. The van der Waals surface area contributed by atoms with E-state index in [1.807, 2.05) is 66.7 Å². The highest BCUT2D eigenvalue weighted by molar-refractivity contribution is 5.36. The third-order valence-corrected chi connectivity index (χ3v) is 9.47. The van der Waals surface area contributed by atoms with Crippen LogP contribution in [0.5, 0.6) is 0 Å². The lowest BCUT2D eigenvalue weighted by Crippen LogP contribution is -2.26. The van der Waals surface area contributed by atoms with Crippen molar-refractivity contribution >= 4 is 0 Å². The van der Waals surface area contributed by atoms with Gasteiger partial charge in [-0.05, 0) is 40.7 Å². The highest BCUT2D eigenvalue weighted by Crippen LogP contribution is 2.31. The Morgan fingerprint density at radius 2 is 0.800 bits per heavy atom. The fraction of sp³-hybridized carbons (Fsp3) is 0.617. The van der Waals surface area contributed by atoms with E-state index in [1.165, 1.54) is 22.3 Å². The Bertz CT molecular complexity index is 1440. The van der Waals surface area contributed by atoms with Gasteiger partial charge >= 0.3 is 0 Å². The van der Waals surface area contributed by atoms with Crippen LogP contribution in [0.4, 0.5) is 0 Å². The third-order valence-electron chi connectivity index (χ3n) is 9.47. The maximum absolute atomic E-state index is 9.39. The number of hydrogen-bond donors (Lipinski definition) is 3. The number of aliphatic hydroxyl groups excluding tert-OH is 1. The zero-order valence-electron chi connectivity index (χ0n) is 36.3. The second kappa shape index (κ2) is 34.7. The van der Waals surface area contributed by atoms with Crippen LogP contribution in [-0.4, -0.2) is 136 Å². The minimum absolute atomic E-state index is 0.0399. The Kier molecular flexibility index (Phi) is 29.8. The van der Waals surface area contributed by atoms with Crippen LogP contribution in [0.15, 0.2) is 78.9 Å². The predicted octanol–water partition coefficient (Wildman–Crippen LogP) is 5.39. The minimum atomic E-state index is -0.382. The number of hydrogen-bond acceptors (Lipinski definition) is 13. The Labute approximate surface area is 359 Å². The molecule has 0 radical (unpaired) electrons. The summed E-state index contributed by atoms with van der Waals surface area (Å²) in [4.78, 5) is 0. The first kappa shape index (κ1) is 51.5. The molecule has 0 fully saturated rings. The van der Waals surface area contributed by atoms with E-state index in [-0.39, 0.29) is 24.3 Å². The first-order valence-electron chi connectivity index (χ1n) is 21.7. The van der Waals surface area contributed by atoms with Crippen molar-refractivity contribution in [2.75, 3.05) is 119 Å². The highest BCUT2D eigenvalue weighted by atomic mass is 16.6. The molecule has 2 aliphatic carbocycles. The van der Waals surface area contributed by atoms with Gasteiger partial charge in [-0.2, -0.15) is 0 Å².